The van der Waals surface area contributed by atoms with Gasteiger partial charge in [-0.05, 0) is 19.3 Å². The molecule has 1 amide bonds. The van der Waals surface area contributed by atoms with Gasteiger partial charge >= 0.3 is 0 Å². The van der Waals surface area contributed by atoms with Gasteiger partial charge in [-0.25, -0.2) is 0 Å². The third kappa shape index (κ3) is 58.8. The van der Waals surface area contributed by atoms with Gasteiger partial charge in [0.1, 0.15) is 13.2 Å². The quantitative estimate of drug-likeness (QED) is 0.0272. The van der Waals surface area contributed by atoms with Gasteiger partial charge in [-0.3, -0.25) is 9.36 Å². The van der Waals surface area contributed by atoms with Crippen molar-refractivity contribution in [1.29, 1.82) is 0 Å². The van der Waals surface area contributed by atoms with Crippen LogP contribution in [0.15, 0.2) is 12.2 Å². The molecule has 0 spiro atoms. The zero-order valence-electron chi connectivity index (χ0n) is 49.9. The number of allylic oxidation sites excluding steroid dienone is 1. The van der Waals surface area contributed by atoms with Gasteiger partial charge in [-0.2, -0.15) is 0 Å². The highest BCUT2D eigenvalue weighted by Gasteiger charge is 2.23. The first-order valence-electron chi connectivity index (χ1n) is 32.6. The summed E-state index contributed by atoms with van der Waals surface area (Å²) in [4.78, 5) is 25.4. The Morgan fingerprint density at radius 3 is 1.03 bits per heavy atom. The van der Waals surface area contributed by atoms with E-state index in [1.54, 1.807) is 6.08 Å². The first-order valence-corrected chi connectivity index (χ1v) is 34.0. The SMILES string of the molecule is CCCCCCCCCC/C=C/C(O)C(COP(=O)([O-])OCC[N+](C)(C)C)NC(=O)CCCCCCCCCCCCCCCCCCCCCCCCCCCCCCCCCCCCCCCCCCC. The van der Waals surface area contributed by atoms with Gasteiger partial charge in [0.15, 0.2) is 0 Å². The molecule has 0 saturated heterocycles. The van der Waals surface area contributed by atoms with Crippen molar-refractivity contribution in [1.82, 2.24) is 5.32 Å². The first kappa shape index (κ1) is 72.2. The Balaban J connectivity index is 3.73. The van der Waals surface area contributed by atoms with Crippen LogP contribution >= 0.6 is 7.82 Å². The minimum atomic E-state index is -4.59. The number of amides is 1. The zero-order valence-corrected chi connectivity index (χ0v) is 50.8. The second-order valence-corrected chi connectivity index (χ2v) is 25.2. The van der Waals surface area contributed by atoms with E-state index in [2.05, 4.69) is 19.2 Å². The molecule has 0 aliphatic rings. The molecule has 0 aromatic carbocycles. The van der Waals surface area contributed by atoms with E-state index in [1.807, 2.05) is 27.2 Å². The van der Waals surface area contributed by atoms with Crippen LogP contribution in [0.3, 0.4) is 0 Å². The third-order valence-electron chi connectivity index (χ3n) is 15.2. The molecule has 0 rings (SSSR count). The number of aliphatic hydroxyl groups is 1. The lowest BCUT2D eigenvalue weighted by atomic mass is 10.0. The van der Waals surface area contributed by atoms with Crippen LogP contribution in [-0.4, -0.2) is 68.5 Å². The monoisotopic (exact) mass is 1050 g/mol. The van der Waals surface area contributed by atoms with Gasteiger partial charge in [-0.15, -0.1) is 0 Å². The number of rotatable bonds is 61. The largest absolute Gasteiger partial charge is 0.756 e. The summed E-state index contributed by atoms with van der Waals surface area (Å²) in [6, 6.07) is -0.880. The topological polar surface area (TPSA) is 108 Å². The molecule has 73 heavy (non-hydrogen) atoms. The predicted molar refractivity (Wildman–Crippen MR) is 316 cm³/mol. The number of nitrogens with zero attached hydrogens (tertiary/aromatic N) is 1. The molecule has 3 atom stereocenters. The Bertz CT molecular complexity index is 1200. The average Bonchev–Trinajstić information content (AvgIpc) is 3.35. The Morgan fingerprint density at radius 1 is 0.466 bits per heavy atom. The Morgan fingerprint density at radius 2 is 0.740 bits per heavy atom. The van der Waals surface area contributed by atoms with Crippen LogP contribution in [0.1, 0.15) is 341 Å². The minimum absolute atomic E-state index is 0.00215. The van der Waals surface area contributed by atoms with Crippen LogP contribution in [0.2, 0.25) is 0 Å². The maximum atomic E-state index is 12.9. The van der Waals surface area contributed by atoms with Crippen LogP contribution in [-0.2, 0) is 18.4 Å². The molecule has 9 heteroatoms. The molecular formula is C64H129N2O6P. The van der Waals surface area contributed by atoms with E-state index < -0.39 is 20.0 Å². The van der Waals surface area contributed by atoms with Crippen molar-refractivity contribution >= 4 is 13.7 Å². The third-order valence-corrected chi connectivity index (χ3v) is 16.2. The first-order chi connectivity index (χ1) is 35.5. The number of carbonyl (C=O) groups excluding carboxylic acids is 1. The fourth-order valence-corrected chi connectivity index (χ4v) is 10.9. The van der Waals surface area contributed by atoms with Crippen molar-refractivity contribution in [2.45, 2.75) is 353 Å². The molecule has 0 bridgehead atoms. The summed E-state index contributed by atoms with van der Waals surface area (Å²) in [5.41, 5.74) is 0. The molecule has 0 aromatic rings. The number of unbranched alkanes of at least 4 members (excludes halogenated alkanes) is 48. The summed E-state index contributed by atoms with van der Waals surface area (Å²) >= 11 is 0. The van der Waals surface area contributed by atoms with Crippen molar-refractivity contribution in [3.63, 3.8) is 0 Å². The molecule has 0 aliphatic heterocycles. The van der Waals surface area contributed by atoms with E-state index in [9.17, 15) is 19.4 Å². The van der Waals surface area contributed by atoms with E-state index >= 15 is 0 Å². The standard InChI is InChI=1S/C64H129N2O6P/c1-6-8-10-12-14-16-18-19-20-21-22-23-24-25-26-27-28-29-30-31-32-33-34-35-36-37-38-39-40-41-42-43-44-45-46-47-48-50-52-54-56-58-64(68)65-62(61-72-73(69,70)71-60-59-66(3,4)5)63(67)57-55-53-51-49-17-15-13-11-9-7-2/h55,57,62-63,67H,6-54,56,58-61H2,1-5H3,(H-,65,68,69,70)/b57-55+. The van der Waals surface area contributed by atoms with Crippen LogP contribution in [0, 0.1) is 0 Å². The predicted octanol–water partition coefficient (Wildman–Crippen LogP) is 19.5. The molecule has 2 N–H and O–H groups in total. The molecule has 3 unspecified atom stereocenters. The van der Waals surface area contributed by atoms with Crippen LogP contribution < -0.4 is 10.2 Å². The summed E-state index contributed by atoms with van der Waals surface area (Å²) in [5.74, 6) is -0.192. The fourth-order valence-electron chi connectivity index (χ4n) is 10.2. The van der Waals surface area contributed by atoms with Crippen molar-refractivity contribution in [2.75, 3.05) is 40.9 Å². The maximum Gasteiger partial charge on any atom is 0.268 e. The fraction of sp³-hybridized carbons (Fsp3) is 0.953. The van der Waals surface area contributed by atoms with E-state index in [0.717, 1.165) is 38.5 Å². The Hall–Kier alpha value is -0.760. The van der Waals surface area contributed by atoms with Gasteiger partial charge in [-0.1, -0.05) is 328 Å². The average molecular weight is 1050 g/mol. The highest BCUT2D eigenvalue weighted by atomic mass is 31.2. The molecule has 0 radical (unpaired) electrons. The number of quaternary nitrogens is 1. The molecule has 0 aromatic heterocycles. The van der Waals surface area contributed by atoms with Crippen molar-refractivity contribution in [3.05, 3.63) is 12.2 Å². The van der Waals surface area contributed by atoms with E-state index in [0.29, 0.717) is 17.4 Å². The Labute approximate surface area is 456 Å². The normalized spacial score (nSPS) is 13.8. The minimum Gasteiger partial charge on any atom is -0.756 e. The second kappa shape index (κ2) is 56.0. The molecule has 0 saturated carbocycles. The molecular weight excluding hydrogens is 924 g/mol. The molecule has 436 valence electrons. The number of nitrogens with one attached hydrogen (secondary N) is 1. The van der Waals surface area contributed by atoms with Crippen molar-refractivity contribution in [2.24, 2.45) is 0 Å². The summed E-state index contributed by atoms with van der Waals surface area (Å²) < 4.78 is 23.3. The van der Waals surface area contributed by atoms with Gasteiger partial charge in [0, 0.05) is 6.42 Å². The second-order valence-electron chi connectivity index (χ2n) is 23.8. The number of carbonyl (C=O) groups is 1. The van der Waals surface area contributed by atoms with Crippen LogP contribution in [0.5, 0.6) is 0 Å². The van der Waals surface area contributed by atoms with Gasteiger partial charge < -0.3 is 28.8 Å². The molecule has 0 aliphatic carbocycles. The van der Waals surface area contributed by atoms with E-state index in [-0.39, 0.29) is 19.1 Å². The van der Waals surface area contributed by atoms with E-state index in [1.165, 1.54) is 283 Å². The van der Waals surface area contributed by atoms with Gasteiger partial charge in [0.25, 0.3) is 7.82 Å². The molecule has 8 nitrogen and oxygen atoms in total. The number of aliphatic hydroxyl groups excluding tert-OH is 1. The van der Waals surface area contributed by atoms with Gasteiger partial charge in [0.2, 0.25) is 5.91 Å². The van der Waals surface area contributed by atoms with Crippen molar-refractivity contribution < 1.29 is 32.9 Å². The number of phosphoric acid groups is 1. The van der Waals surface area contributed by atoms with Crippen LogP contribution in [0.25, 0.3) is 0 Å². The van der Waals surface area contributed by atoms with Crippen molar-refractivity contribution in [3.8, 4) is 0 Å². The van der Waals surface area contributed by atoms with Gasteiger partial charge in [0.05, 0.1) is 39.9 Å². The summed E-state index contributed by atoms with van der Waals surface area (Å²) in [6.45, 7) is 4.67. The highest BCUT2D eigenvalue weighted by molar-refractivity contribution is 7.45. The number of likely N-dealkylation sites (N-methyl/N-ethyl adjacent to an activating group) is 1. The van der Waals surface area contributed by atoms with E-state index in [4.69, 9.17) is 9.05 Å². The molecule has 0 fully saturated rings. The number of hydrogen-bond acceptors (Lipinski definition) is 6. The number of hydrogen-bond donors (Lipinski definition) is 2. The summed E-state index contributed by atoms with van der Waals surface area (Å²) in [6.07, 6.45) is 70.8. The molecule has 0 heterocycles. The lowest BCUT2D eigenvalue weighted by molar-refractivity contribution is -0.870. The Kier molecular flexibility index (Phi) is 55.4. The maximum absolute atomic E-state index is 12.9. The lowest BCUT2D eigenvalue weighted by Crippen LogP contribution is -2.45. The smallest absolute Gasteiger partial charge is 0.268 e. The summed E-state index contributed by atoms with van der Waals surface area (Å²) in [5, 5.41) is 13.8. The zero-order chi connectivity index (χ0) is 53.5. The van der Waals surface area contributed by atoms with Crippen LogP contribution in [0.4, 0.5) is 0 Å². The number of phosphoric ester groups is 1. The lowest BCUT2D eigenvalue weighted by Gasteiger charge is -2.29. The summed E-state index contributed by atoms with van der Waals surface area (Å²) in [7, 11) is 1.28. The highest BCUT2D eigenvalue weighted by Crippen LogP contribution is 2.38.